The van der Waals surface area contributed by atoms with Crippen molar-refractivity contribution in [1.82, 2.24) is 10.6 Å². The molecule has 1 unspecified atom stereocenters. The molecule has 0 fully saturated rings. The first-order chi connectivity index (χ1) is 8.26. The third-order valence-electron chi connectivity index (χ3n) is 3.10. The van der Waals surface area contributed by atoms with E-state index in [1.54, 1.807) is 5.57 Å². The summed E-state index contributed by atoms with van der Waals surface area (Å²) >= 11 is 0. The van der Waals surface area contributed by atoms with Crippen molar-refractivity contribution in [2.24, 2.45) is 5.73 Å². The van der Waals surface area contributed by atoms with E-state index in [9.17, 15) is 4.79 Å². The van der Waals surface area contributed by atoms with Crippen molar-refractivity contribution in [2.45, 2.75) is 45.1 Å². The molecule has 0 radical (unpaired) electrons. The van der Waals surface area contributed by atoms with Gasteiger partial charge in [-0.3, -0.25) is 4.79 Å². The summed E-state index contributed by atoms with van der Waals surface area (Å²) in [7, 11) is 0. The van der Waals surface area contributed by atoms with Crippen LogP contribution < -0.4 is 16.4 Å². The van der Waals surface area contributed by atoms with Crippen LogP contribution in [0.25, 0.3) is 0 Å². The Bertz CT molecular complexity index is 263. The van der Waals surface area contributed by atoms with Crippen molar-refractivity contribution >= 4 is 5.91 Å². The largest absolute Gasteiger partial charge is 0.356 e. The van der Waals surface area contributed by atoms with Gasteiger partial charge in [0.1, 0.15) is 0 Å². The Morgan fingerprint density at radius 2 is 2.41 bits per heavy atom. The Morgan fingerprint density at radius 3 is 3.00 bits per heavy atom. The molecule has 0 aromatic rings. The van der Waals surface area contributed by atoms with E-state index in [1.807, 2.05) is 6.92 Å². The summed E-state index contributed by atoms with van der Waals surface area (Å²) in [6, 6.07) is 0.101. The lowest BCUT2D eigenvalue weighted by molar-refractivity contribution is -0.121. The highest BCUT2D eigenvalue weighted by atomic mass is 16.1. The number of nitrogens with two attached hydrogens (primary N) is 1. The normalized spacial score (nSPS) is 16.7. The first-order valence-corrected chi connectivity index (χ1v) is 6.64. The van der Waals surface area contributed by atoms with E-state index >= 15 is 0 Å². The predicted octanol–water partition coefficient (Wildman–Crippen LogP) is 0.930. The third-order valence-corrected chi connectivity index (χ3v) is 3.10. The third kappa shape index (κ3) is 5.84. The summed E-state index contributed by atoms with van der Waals surface area (Å²) in [5.74, 6) is 0.0792. The lowest BCUT2D eigenvalue weighted by Gasteiger charge is -2.16. The molecule has 4 nitrogen and oxygen atoms in total. The summed E-state index contributed by atoms with van der Waals surface area (Å²) in [5.41, 5.74) is 7.20. The molecule has 1 aliphatic rings. The summed E-state index contributed by atoms with van der Waals surface area (Å²) in [5, 5.41) is 6.15. The van der Waals surface area contributed by atoms with Gasteiger partial charge in [-0.2, -0.15) is 0 Å². The van der Waals surface area contributed by atoms with Crippen LogP contribution in [0.4, 0.5) is 0 Å². The molecule has 98 valence electrons. The number of carbonyl (C=O) groups excluding carboxylic acids is 1. The van der Waals surface area contributed by atoms with Gasteiger partial charge >= 0.3 is 0 Å². The second-order valence-electron chi connectivity index (χ2n) is 4.55. The van der Waals surface area contributed by atoms with Gasteiger partial charge in [-0.25, -0.2) is 0 Å². The molecule has 1 atom stereocenters. The fourth-order valence-corrected chi connectivity index (χ4v) is 2.13. The molecule has 0 bridgehead atoms. The maximum absolute atomic E-state index is 11.4. The molecule has 1 aliphatic carbocycles. The molecule has 1 rings (SSSR count). The number of carbonyl (C=O) groups is 1. The molecule has 17 heavy (non-hydrogen) atoms. The molecule has 0 saturated heterocycles. The Kier molecular flexibility index (Phi) is 6.89. The second-order valence-corrected chi connectivity index (χ2v) is 4.55. The molecule has 0 saturated carbocycles. The first-order valence-electron chi connectivity index (χ1n) is 6.64. The highest BCUT2D eigenvalue weighted by Crippen LogP contribution is 2.19. The zero-order valence-corrected chi connectivity index (χ0v) is 10.8. The smallest absolute Gasteiger partial charge is 0.221 e. The van der Waals surface area contributed by atoms with Crippen LogP contribution in [0.5, 0.6) is 0 Å². The standard InChI is InChI=1S/C13H25N3O/c1-2-15-13(17)9-12(10-14)16-8-7-11-5-3-4-6-11/h5,12,16H,2-4,6-10,14H2,1H3,(H,15,17). The van der Waals surface area contributed by atoms with Gasteiger partial charge in [-0.15, -0.1) is 0 Å². The van der Waals surface area contributed by atoms with Crippen molar-refractivity contribution in [2.75, 3.05) is 19.6 Å². The molecular weight excluding hydrogens is 214 g/mol. The van der Waals surface area contributed by atoms with Crippen molar-refractivity contribution in [3.63, 3.8) is 0 Å². The van der Waals surface area contributed by atoms with Crippen molar-refractivity contribution in [3.8, 4) is 0 Å². The summed E-state index contributed by atoms with van der Waals surface area (Å²) in [6.07, 6.45) is 7.67. The average Bonchev–Trinajstić information content (AvgIpc) is 2.81. The zero-order chi connectivity index (χ0) is 12.5. The van der Waals surface area contributed by atoms with Crippen molar-refractivity contribution in [1.29, 1.82) is 0 Å². The highest BCUT2D eigenvalue weighted by Gasteiger charge is 2.11. The van der Waals surface area contributed by atoms with Crippen LogP contribution in [-0.4, -0.2) is 31.6 Å². The van der Waals surface area contributed by atoms with Crippen LogP contribution in [0.2, 0.25) is 0 Å². The van der Waals surface area contributed by atoms with E-state index in [0.717, 1.165) is 13.0 Å². The maximum Gasteiger partial charge on any atom is 0.221 e. The van der Waals surface area contributed by atoms with Crippen LogP contribution in [0.15, 0.2) is 11.6 Å². The minimum atomic E-state index is 0.0792. The maximum atomic E-state index is 11.4. The van der Waals surface area contributed by atoms with Gasteiger partial charge < -0.3 is 16.4 Å². The average molecular weight is 239 g/mol. The zero-order valence-electron chi connectivity index (χ0n) is 10.8. The predicted molar refractivity (Wildman–Crippen MR) is 70.7 cm³/mol. The van der Waals surface area contributed by atoms with Crippen molar-refractivity contribution < 1.29 is 4.79 Å². The van der Waals surface area contributed by atoms with Crippen LogP contribution in [0, 0.1) is 0 Å². The highest BCUT2D eigenvalue weighted by molar-refractivity contribution is 5.76. The minimum absolute atomic E-state index is 0.0792. The van der Waals surface area contributed by atoms with Crippen LogP contribution in [0.3, 0.4) is 0 Å². The van der Waals surface area contributed by atoms with E-state index in [1.165, 1.54) is 19.3 Å². The molecule has 0 heterocycles. The Labute approximate surface area is 104 Å². The number of hydrogen-bond acceptors (Lipinski definition) is 3. The monoisotopic (exact) mass is 239 g/mol. The molecule has 0 aromatic heterocycles. The van der Waals surface area contributed by atoms with Gasteiger partial charge in [-0.1, -0.05) is 11.6 Å². The summed E-state index contributed by atoms with van der Waals surface area (Å²) in [4.78, 5) is 11.4. The van der Waals surface area contributed by atoms with Crippen molar-refractivity contribution in [3.05, 3.63) is 11.6 Å². The van der Waals surface area contributed by atoms with E-state index in [4.69, 9.17) is 5.73 Å². The molecule has 4 heteroatoms. The van der Waals surface area contributed by atoms with E-state index in [-0.39, 0.29) is 11.9 Å². The van der Waals surface area contributed by atoms with Crippen LogP contribution >= 0.6 is 0 Å². The second kappa shape index (κ2) is 8.25. The minimum Gasteiger partial charge on any atom is -0.356 e. The Morgan fingerprint density at radius 1 is 1.59 bits per heavy atom. The van der Waals surface area contributed by atoms with Crippen LogP contribution in [-0.2, 0) is 4.79 Å². The molecule has 1 amide bonds. The number of amides is 1. The summed E-state index contributed by atoms with van der Waals surface area (Å²) in [6.45, 7) is 4.04. The molecule has 4 N–H and O–H groups in total. The van der Waals surface area contributed by atoms with Gasteiger partial charge in [0, 0.05) is 25.6 Å². The number of nitrogens with one attached hydrogen (secondary N) is 2. The molecule has 0 aromatic carbocycles. The van der Waals surface area contributed by atoms with E-state index in [0.29, 0.717) is 19.5 Å². The summed E-state index contributed by atoms with van der Waals surface area (Å²) < 4.78 is 0. The quantitative estimate of drug-likeness (QED) is 0.552. The number of rotatable bonds is 8. The Hall–Kier alpha value is -0.870. The van der Waals surface area contributed by atoms with Gasteiger partial charge in [0.15, 0.2) is 0 Å². The molecule has 0 aliphatic heterocycles. The molecular formula is C13H25N3O. The van der Waals surface area contributed by atoms with Crippen LogP contribution in [0.1, 0.15) is 39.0 Å². The molecule has 0 spiro atoms. The van der Waals surface area contributed by atoms with E-state index < -0.39 is 0 Å². The van der Waals surface area contributed by atoms with Gasteiger partial charge in [-0.05, 0) is 39.2 Å². The van der Waals surface area contributed by atoms with E-state index in [2.05, 4.69) is 16.7 Å². The fraction of sp³-hybridized carbons (Fsp3) is 0.769. The Balaban J connectivity index is 2.15. The lowest BCUT2D eigenvalue weighted by Crippen LogP contribution is -2.41. The lowest BCUT2D eigenvalue weighted by atomic mass is 10.1. The van der Waals surface area contributed by atoms with Gasteiger partial charge in [0.25, 0.3) is 0 Å². The first kappa shape index (κ1) is 14.2. The van der Waals surface area contributed by atoms with Gasteiger partial charge in [0.05, 0.1) is 0 Å². The fourth-order valence-electron chi connectivity index (χ4n) is 2.13. The number of hydrogen-bond donors (Lipinski definition) is 3. The van der Waals surface area contributed by atoms with Gasteiger partial charge in [0.2, 0.25) is 5.91 Å². The topological polar surface area (TPSA) is 67.2 Å². The number of allylic oxidation sites excluding steroid dienone is 1. The SMILES string of the molecule is CCNC(=O)CC(CN)NCCC1=CCCC1.